The maximum absolute atomic E-state index is 12.8. The zero-order chi connectivity index (χ0) is 16.5. The molecule has 3 aromatic rings. The first-order valence-electron chi connectivity index (χ1n) is 8.21. The minimum Gasteiger partial charge on any atom is -0.344 e. The summed E-state index contributed by atoms with van der Waals surface area (Å²) in [6.07, 6.45) is 6.94. The maximum Gasteiger partial charge on any atom is 0.268 e. The highest BCUT2D eigenvalue weighted by Crippen LogP contribution is 2.29. The summed E-state index contributed by atoms with van der Waals surface area (Å²) in [6, 6.07) is 8.00. The molecule has 0 bridgehead atoms. The number of hydrogen-bond acceptors (Lipinski definition) is 3. The summed E-state index contributed by atoms with van der Waals surface area (Å²) in [7, 11) is 1.97. The topological polar surface area (TPSA) is 51.9 Å². The van der Waals surface area contributed by atoms with Crippen molar-refractivity contribution in [1.82, 2.24) is 19.7 Å². The van der Waals surface area contributed by atoms with Crippen LogP contribution in [0.2, 0.25) is 0 Å². The Hall–Kier alpha value is -2.34. The monoisotopic (exact) mass is 340 g/mol. The van der Waals surface area contributed by atoms with Gasteiger partial charge in [-0.2, -0.15) is 5.10 Å². The number of carbonyl (C=O) groups is 1. The van der Waals surface area contributed by atoms with Gasteiger partial charge in [-0.1, -0.05) is 6.07 Å². The summed E-state index contributed by atoms with van der Waals surface area (Å²) in [5.74, 6) is -0.0155. The average molecular weight is 340 g/mol. The Balaban J connectivity index is 1.53. The Morgan fingerprint density at radius 1 is 1.42 bits per heavy atom. The molecule has 1 amide bonds. The maximum atomic E-state index is 12.8. The van der Waals surface area contributed by atoms with Crippen molar-refractivity contribution in [2.75, 3.05) is 0 Å². The highest BCUT2D eigenvalue weighted by atomic mass is 32.1. The largest absolute Gasteiger partial charge is 0.344 e. The van der Waals surface area contributed by atoms with E-state index in [1.165, 1.54) is 10.6 Å². The molecule has 6 heteroatoms. The number of nitrogens with one attached hydrogen (secondary N) is 1. The fourth-order valence-electron chi connectivity index (χ4n) is 3.42. The van der Waals surface area contributed by atoms with Gasteiger partial charge in [0.1, 0.15) is 5.69 Å². The van der Waals surface area contributed by atoms with Crippen molar-refractivity contribution < 1.29 is 4.79 Å². The number of rotatable bonds is 4. The van der Waals surface area contributed by atoms with Crippen molar-refractivity contribution in [3.05, 3.63) is 63.9 Å². The molecule has 0 fully saturated rings. The van der Waals surface area contributed by atoms with E-state index in [1.54, 1.807) is 11.3 Å². The Bertz CT molecular complexity index is 846. The van der Waals surface area contributed by atoms with Gasteiger partial charge in [-0.25, -0.2) is 0 Å². The minimum absolute atomic E-state index is 0.0155. The second-order valence-corrected chi connectivity index (χ2v) is 7.22. The second-order valence-electron chi connectivity index (χ2n) is 6.19. The van der Waals surface area contributed by atoms with Crippen molar-refractivity contribution in [2.24, 2.45) is 7.05 Å². The first-order chi connectivity index (χ1) is 11.7. The van der Waals surface area contributed by atoms with E-state index in [9.17, 15) is 4.79 Å². The van der Waals surface area contributed by atoms with Crippen molar-refractivity contribution in [3.8, 4) is 0 Å². The molecule has 124 valence electrons. The summed E-state index contributed by atoms with van der Waals surface area (Å²) in [4.78, 5) is 14.0. The number of aryl methyl sites for hydroxylation is 1. The molecule has 3 heterocycles. The number of carbonyl (C=O) groups excluding carboxylic acids is 1. The van der Waals surface area contributed by atoms with E-state index in [0.29, 0.717) is 5.69 Å². The van der Waals surface area contributed by atoms with Crippen molar-refractivity contribution in [1.29, 1.82) is 0 Å². The van der Waals surface area contributed by atoms with E-state index in [-0.39, 0.29) is 11.9 Å². The van der Waals surface area contributed by atoms with Crippen LogP contribution in [-0.4, -0.2) is 20.3 Å². The van der Waals surface area contributed by atoms with Gasteiger partial charge in [0.05, 0.1) is 18.8 Å². The van der Waals surface area contributed by atoms with E-state index in [1.807, 2.05) is 46.9 Å². The number of nitrogens with zero attached hydrogens (tertiary/aromatic N) is 3. The van der Waals surface area contributed by atoms with Gasteiger partial charge in [-0.15, -0.1) is 11.3 Å². The fraction of sp³-hybridized carbons (Fsp3) is 0.333. The number of fused-ring (bicyclic) bond motifs is 1. The van der Waals surface area contributed by atoms with Crippen LogP contribution in [0.3, 0.4) is 0 Å². The van der Waals surface area contributed by atoms with E-state index >= 15 is 0 Å². The Kier molecular flexibility index (Phi) is 3.98. The standard InChI is InChI=1S/C18H20N4OS/c1-21-16-7-2-6-15(14(16)11-19-21)20-18(23)17-8-3-9-22(17)12-13-5-4-10-24-13/h3-5,8-11,15H,2,6-7,12H2,1H3,(H,20,23)/t15-/m0/s1. The van der Waals surface area contributed by atoms with Gasteiger partial charge in [0.2, 0.25) is 0 Å². The van der Waals surface area contributed by atoms with Crippen LogP contribution in [0.1, 0.15) is 45.5 Å². The molecule has 0 unspecified atom stereocenters. The molecule has 0 radical (unpaired) electrons. The average Bonchev–Trinajstić information content (AvgIpc) is 3.31. The number of thiophene rings is 1. The fourth-order valence-corrected chi connectivity index (χ4v) is 4.12. The van der Waals surface area contributed by atoms with Crippen LogP contribution >= 0.6 is 11.3 Å². The summed E-state index contributed by atoms with van der Waals surface area (Å²) in [5.41, 5.74) is 3.10. The minimum atomic E-state index is -0.0155. The SMILES string of the molecule is Cn1ncc2c1CCC[C@@H]2NC(=O)c1cccn1Cc1cccs1. The van der Waals surface area contributed by atoms with Gasteiger partial charge in [0, 0.05) is 29.4 Å². The van der Waals surface area contributed by atoms with Gasteiger partial charge in [-0.05, 0) is 42.8 Å². The van der Waals surface area contributed by atoms with Crippen LogP contribution in [0, 0.1) is 0 Å². The first kappa shape index (κ1) is 15.2. The van der Waals surface area contributed by atoms with Gasteiger partial charge in [0.25, 0.3) is 5.91 Å². The highest BCUT2D eigenvalue weighted by Gasteiger charge is 2.25. The van der Waals surface area contributed by atoms with Crippen LogP contribution in [0.5, 0.6) is 0 Å². The quantitative estimate of drug-likeness (QED) is 0.793. The second kappa shape index (κ2) is 6.28. The molecule has 0 aromatic carbocycles. The summed E-state index contributed by atoms with van der Waals surface area (Å²) >= 11 is 1.71. The van der Waals surface area contributed by atoms with Gasteiger partial charge in [0.15, 0.2) is 0 Å². The Labute approximate surface area is 144 Å². The van der Waals surface area contributed by atoms with Gasteiger partial charge >= 0.3 is 0 Å². The van der Waals surface area contributed by atoms with Crippen LogP contribution in [0.4, 0.5) is 0 Å². The van der Waals surface area contributed by atoms with E-state index in [4.69, 9.17) is 0 Å². The molecule has 0 aliphatic heterocycles. The van der Waals surface area contributed by atoms with E-state index in [0.717, 1.165) is 31.4 Å². The van der Waals surface area contributed by atoms with Crippen LogP contribution in [0.15, 0.2) is 42.0 Å². The van der Waals surface area contributed by atoms with Gasteiger partial charge < -0.3 is 9.88 Å². The van der Waals surface area contributed by atoms with Crippen molar-refractivity contribution >= 4 is 17.2 Å². The van der Waals surface area contributed by atoms with Crippen molar-refractivity contribution in [2.45, 2.75) is 31.8 Å². The molecule has 3 aromatic heterocycles. The Morgan fingerprint density at radius 2 is 2.33 bits per heavy atom. The molecule has 1 aliphatic rings. The summed E-state index contributed by atoms with van der Waals surface area (Å²) in [6.45, 7) is 0.732. The number of aromatic nitrogens is 3. The number of hydrogen-bond donors (Lipinski definition) is 1. The molecule has 0 spiro atoms. The van der Waals surface area contributed by atoms with E-state index in [2.05, 4.69) is 21.9 Å². The third-order valence-electron chi connectivity index (χ3n) is 4.65. The predicted molar refractivity (Wildman–Crippen MR) is 94.2 cm³/mol. The van der Waals surface area contributed by atoms with Crippen molar-refractivity contribution in [3.63, 3.8) is 0 Å². The molecule has 1 N–H and O–H groups in total. The molecular formula is C18H20N4OS. The molecule has 0 saturated heterocycles. The molecule has 4 rings (SSSR count). The molecule has 1 aliphatic carbocycles. The highest BCUT2D eigenvalue weighted by molar-refractivity contribution is 7.09. The lowest BCUT2D eigenvalue weighted by Gasteiger charge is -2.24. The molecule has 5 nitrogen and oxygen atoms in total. The molecular weight excluding hydrogens is 320 g/mol. The first-order valence-corrected chi connectivity index (χ1v) is 9.09. The van der Waals surface area contributed by atoms with E-state index < -0.39 is 0 Å². The zero-order valence-electron chi connectivity index (χ0n) is 13.6. The Morgan fingerprint density at radius 3 is 3.17 bits per heavy atom. The van der Waals surface area contributed by atoms with Gasteiger partial charge in [-0.3, -0.25) is 9.48 Å². The lowest BCUT2D eigenvalue weighted by Crippen LogP contribution is -2.32. The zero-order valence-corrected chi connectivity index (χ0v) is 14.4. The van der Waals surface area contributed by atoms with Crippen LogP contribution < -0.4 is 5.32 Å². The summed E-state index contributed by atoms with van der Waals surface area (Å²) in [5, 5.41) is 9.61. The lowest BCUT2D eigenvalue weighted by atomic mass is 9.93. The number of amides is 1. The lowest BCUT2D eigenvalue weighted by molar-refractivity contribution is 0.0923. The molecule has 0 saturated carbocycles. The molecule has 1 atom stereocenters. The van der Waals surface area contributed by atoms with Crippen LogP contribution in [-0.2, 0) is 20.0 Å². The normalized spacial score (nSPS) is 16.8. The van der Waals surface area contributed by atoms with Crippen LogP contribution in [0.25, 0.3) is 0 Å². The summed E-state index contributed by atoms with van der Waals surface area (Å²) < 4.78 is 3.93. The smallest absolute Gasteiger partial charge is 0.268 e. The third kappa shape index (κ3) is 2.78. The predicted octanol–water partition coefficient (Wildman–Crippen LogP) is 3.14. The molecule has 24 heavy (non-hydrogen) atoms. The third-order valence-corrected chi connectivity index (χ3v) is 5.51.